The number of hydrogen-bond donors (Lipinski definition) is 0. The van der Waals surface area contributed by atoms with Crippen LogP contribution >= 0.6 is 13.6 Å². The van der Waals surface area contributed by atoms with Crippen LogP contribution in [0.15, 0.2) is 30.3 Å². The molecule has 0 radical (unpaired) electrons. The molecule has 0 aliphatic rings. The molecule has 1 rings (SSSR count). The van der Waals surface area contributed by atoms with Gasteiger partial charge in [-0.2, -0.15) is 24.6 Å². The molecule has 4 heteroatoms. The summed E-state index contributed by atoms with van der Waals surface area (Å²) in [6.07, 6.45) is 0. The molecule has 0 unspecified atom stereocenters. The van der Waals surface area contributed by atoms with Gasteiger partial charge in [0.1, 0.15) is 0 Å². The Kier molecular flexibility index (Phi) is 22.3. The first-order valence-electron chi connectivity index (χ1n) is 2.53. The van der Waals surface area contributed by atoms with Crippen LogP contribution < -0.4 is 31.3 Å². The van der Waals surface area contributed by atoms with E-state index in [1.54, 1.807) is 0 Å². The van der Waals surface area contributed by atoms with Crippen LogP contribution in [0.1, 0.15) is 5.56 Å². The van der Waals surface area contributed by atoms with E-state index in [0.717, 1.165) is 5.56 Å². The van der Waals surface area contributed by atoms with Crippen molar-refractivity contribution in [3.05, 3.63) is 42.8 Å². The van der Waals surface area contributed by atoms with Crippen LogP contribution in [-0.2, 0) is 16.3 Å². The Hall–Kier alpha value is 1.08. The molecule has 0 aromatic heterocycles. The van der Waals surface area contributed by atoms with E-state index in [-0.39, 0.29) is 31.3 Å². The van der Waals surface area contributed by atoms with Gasteiger partial charge in [0.05, 0.1) is 0 Å². The van der Waals surface area contributed by atoms with Crippen molar-refractivity contribution < 1.29 is 47.6 Å². The Morgan fingerprint density at radius 1 is 1.09 bits per heavy atom. The van der Waals surface area contributed by atoms with Gasteiger partial charge in [-0.05, 0) is 0 Å². The Balaban J connectivity index is -0.000000149. The van der Waals surface area contributed by atoms with Crippen molar-refractivity contribution >= 4 is 13.6 Å². The molecule has 0 nitrogen and oxygen atoms in total. The molecule has 0 atom stereocenters. The van der Waals surface area contributed by atoms with E-state index in [4.69, 9.17) is 0 Å². The van der Waals surface area contributed by atoms with Gasteiger partial charge < -0.3 is 12.4 Å². The zero-order valence-electron chi connectivity index (χ0n) is 6.56. The van der Waals surface area contributed by atoms with E-state index in [1.165, 1.54) is 16.3 Å². The Morgan fingerprint density at radius 2 is 1.45 bits per heavy atom. The minimum absolute atomic E-state index is 0. The van der Waals surface area contributed by atoms with Gasteiger partial charge in [-0.1, -0.05) is 6.07 Å². The fraction of sp³-hybridized carbons (Fsp3) is 0. The summed E-state index contributed by atoms with van der Waals surface area (Å²) in [4.78, 5) is 0. The molecule has 1 aromatic rings. The molecular formula is C7H7BrClLiZn. The predicted molar refractivity (Wildman–Crippen MR) is 39.8 cm³/mol. The van der Waals surface area contributed by atoms with Gasteiger partial charge in [0.15, 0.2) is 0 Å². The van der Waals surface area contributed by atoms with Crippen LogP contribution in [0.25, 0.3) is 0 Å². The summed E-state index contributed by atoms with van der Waals surface area (Å²) in [5.41, 5.74) is 1.07. The zero-order chi connectivity index (χ0) is 7.11. The van der Waals surface area contributed by atoms with E-state index in [9.17, 15) is 0 Å². The third-order valence-corrected chi connectivity index (χ3v) is 0.843. The SMILES string of the molecule is [CH2-]c1ccccc1.[Cl-].[Li+].[Zn+][Br]. The third kappa shape index (κ3) is 11.1. The summed E-state index contributed by atoms with van der Waals surface area (Å²) < 4.78 is 0. The summed E-state index contributed by atoms with van der Waals surface area (Å²) in [5, 5.41) is 0. The maximum absolute atomic E-state index is 3.72. The maximum atomic E-state index is 3.72. The molecule has 0 heterocycles. The number of hydrogen-bond acceptors (Lipinski definition) is 0. The van der Waals surface area contributed by atoms with Crippen molar-refractivity contribution in [2.45, 2.75) is 0 Å². The second kappa shape index (κ2) is 13.7. The molecule has 0 fully saturated rings. The summed E-state index contributed by atoms with van der Waals surface area (Å²) in [5.74, 6) is 0. The second-order valence-corrected chi connectivity index (χ2v) is 1.49. The molecule has 11 heavy (non-hydrogen) atoms. The standard InChI is InChI=1S/C7H7.BrH.ClH.Li.Zn/c1-7-5-3-2-4-6-7;;;;/h2-6H,1H2;2*1H;;/q-1;;;+1;+2/p-2. The van der Waals surface area contributed by atoms with Crippen LogP contribution in [-0.4, -0.2) is 0 Å². The number of halogens is 2. The predicted octanol–water partition coefficient (Wildman–Crippen LogP) is -3.28. The molecule has 0 aliphatic carbocycles. The van der Waals surface area contributed by atoms with Crippen LogP contribution in [0.5, 0.6) is 0 Å². The van der Waals surface area contributed by atoms with Gasteiger partial charge in [0.2, 0.25) is 0 Å². The third-order valence-electron chi connectivity index (χ3n) is 0.843. The first-order chi connectivity index (χ1) is 4.39. The molecule has 52 valence electrons. The molecule has 0 saturated heterocycles. The average Bonchev–Trinajstić information content (AvgIpc) is 1.94. The molecular weight excluding hydrogens is 272 g/mol. The van der Waals surface area contributed by atoms with Crippen LogP contribution in [0.2, 0.25) is 0 Å². The van der Waals surface area contributed by atoms with Gasteiger partial charge in [-0.25, -0.2) is 0 Å². The summed E-state index contributed by atoms with van der Waals surface area (Å²) >= 11 is 4.25. The van der Waals surface area contributed by atoms with Gasteiger partial charge in [-0.15, -0.1) is 12.1 Å². The van der Waals surface area contributed by atoms with Crippen molar-refractivity contribution in [2.75, 3.05) is 0 Å². The van der Waals surface area contributed by atoms with E-state index >= 15 is 0 Å². The van der Waals surface area contributed by atoms with E-state index < -0.39 is 0 Å². The Bertz CT molecular complexity index is 148. The fourth-order valence-corrected chi connectivity index (χ4v) is 0.478. The topological polar surface area (TPSA) is 0 Å². The van der Waals surface area contributed by atoms with Crippen molar-refractivity contribution in [3.8, 4) is 0 Å². The average molecular weight is 279 g/mol. The van der Waals surface area contributed by atoms with Crippen molar-refractivity contribution in [1.82, 2.24) is 0 Å². The molecule has 0 bridgehead atoms. The Labute approximate surface area is 103 Å². The van der Waals surface area contributed by atoms with Crippen LogP contribution in [0, 0.1) is 6.92 Å². The summed E-state index contributed by atoms with van der Waals surface area (Å²) in [6.45, 7) is 3.72. The van der Waals surface area contributed by atoms with E-state index in [0.29, 0.717) is 0 Å². The van der Waals surface area contributed by atoms with E-state index in [1.807, 2.05) is 30.3 Å². The Morgan fingerprint density at radius 3 is 1.64 bits per heavy atom. The van der Waals surface area contributed by atoms with Crippen LogP contribution in [0.4, 0.5) is 0 Å². The minimum atomic E-state index is 0. The zero-order valence-corrected chi connectivity index (χ0v) is 11.9. The van der Waals surface area contributed by atoms with Crippen LogP contribution in [0.3, 0.4) is 0 Å². The van der Waals surface area contributed by atoms with Gasteiger partial charge in [0.25, 0.3) is 0 Å². The molecule has 0 spiro atoms. The quantitative estimate of drug-likeness (QED) is 0.345. The monoisotopic (exact) mass is 276 g/mol. The van der Waals surface area contributed by atoms with Crippen molar-refractivity contribution in [3.63, 3.8) is 0 Å². The van der Waals surface area contributed by atoms with Crippen molar-refractivity contribution in [2.24, 2.45) is 0 Å². The molecule has 1 aromatic carbocycles. The first-order valence-corrected chi connectivity index (χ1v) is 9.48. The van der Waals surface area contributed by atoms with E-state index in [2.05, 4.69) is 20.5 Å². The van der Waals surface area contributed by atoms with Crippen molar-refractivity contribution in [1.29, 1.82) is 0 Å². The molecule has 0 aliphatic heterocycles. The summed E-state index contributed by atoms with van der Waals surface area (Å²) in [7, 11) is 0. The summed E-state index contributed by atoms with van der Waals surface area (Å²) in [6, 6.07) is 9.87. The van der Waals surface area contributed by atoms with Gasteiger partial charge >= 0.3 is 48.8 Å². The molecule has 0 saturated carbocycles. The first kappa shape index (κ1) is 18.0. The number of benzene rings is 1. The molecule has 0 N–H and O–H groups in total. The normalized spacial score (nSPS) is 6.09. The van der Waals surface area contributed by atoms with Gasteiger partial charge in [-0.3, -0.25) is 0 Å². The second-order valence-electron chi connectivity index (χ2n) is 1.49. The fourth-order valence-electron chi connectivity index (χ4n) is 0.478. The molecule has 0 amide bonds. The number of rotatable bonds is 0. The van der Waals surface area contributed by atoms with Gasteiger partial charge in [0, 0.05) is 0 Å².